The van der Waals surface area contributed by atoms with Crippen molar-refractivity contribution in [2.75, 3.05) is 13.2 Å². The van der Waals surface area contributed by atoms with E-state index in [0.29, 0.717) is 35.8 Å². The summed E-state index contributed by atoms with van der Waals surface area (Å²) in [6, 6.07) is 3.53. The van der Waals surface area contributed by atoms with Gasteiger partial charge in [0.1, 0.15) is 12.3 Å². The van der Waals surface area contributed by atoms with E-state index in [1.807, 2.05) is 13.0 Å². The largest absolute Gasteiger partial charge is 0.490 e. The molecule has 7 nitrogen and oxygen atoms in total. The molecule has 0 unspecified atom stereocenters. The maximum atomic E-state index is 11.5. The Morgan fingerprint density at radius 1 is 1.46 bits per heavy atom. The molecule has 1 aromatic heterocycles. The highest BCUT2D eigenvalue weighted by Crippen LogP contribution is 2.37. The highest BCUT2D eigenvalue weighted by atomic mass is 16.5. The Morgan fingerprint density at radius 2 is 2.25 bits per heavy atom. The first kappa shape index (κ1) is 17.1. The van der Waals surface area contributed by atoms with Gasteiger partial charge in [0.15, 0.2) is 17.2 Å². The van der Waals surface area contributed by atoms with Crippen LogP contribution in [0.4, 0.5) is 0 Å². The number of aromatic nitrogens is 3. The summed E-state index contributed by atoms with van der Waals surface area (Å²) < 4.78 is 11.3. The molecular weight excluding hydrogens is 308 g/mol. The number of carbonyl (C=O) groups excluding carboxylic acids is 1. The fourth-order valence-corrected chi connectivity index (χ4v) is 2.25. The summed E-state index contributed by atoms with van der Waals surface area (Å²) in [5.41, 5.74) is 7.17. The lowest BCUT2D eigenvalue weighted by molar-refractivity contribution is 0.0996. The monoisotopic (exact) mass is 326 g/mol. The number of nitrogens with one attached hydrogen (secondary N) is 1. The molecule has 0 saturated heterocycles. The second-order valence-corrected chi connectivity index (χ2v) is 4.77. The number of nitrogens with zero attached hydrogens (tertiary/aromatic N) is 2. The zero-order valence-corrected chi connectivity index (χ0v) is 13.3. The van der Waals surface area contributed by atoms with E-state index in [1.165, 1.54) is 0 Å². The number of amides is 1. The van der Waals surface area contributed by atoms with Crippen LogP contribution in [0.2, 0.25) is 0 Å². The third-order valence-corrected chi connectivity index (χ3v) is 3.15. The zero-order chi connectivity index (χ0) is 17.5. The summed E-state index contributed by atoms with van der Waals surface area (Å²) >= 11 is 0. The first-order valence-electron chi connectivity index (χ1n) is 7.30. The predicted octanol–water partition coefficient (Wildman–Crippen LogP) is 1.71. The molecule has 1 heterocycles. The molecule has 7 heteroatoms. The maximum Gasteiger partial charge on any atom is 0.271 e. The number of hydrogen-bond donors (Lipinski definition) is 2. The fourth-order valence-electron chi connectivity index (χ4n) is 2.25. The minimum atomic E-state index is -0.672. The molecule has 0 atom stereocenters. The minimum absolute atomic E-state index is 0.0549. The van der Waals surface area contributed by atoms with Gasteiger partial charge in [-0.2, -0.15) is 15.4 Å². The number of carbonyl (C=O) groups is 1. The van der Waals surface area contributed by atoms with E-state index in [4.69, 9.17) is 21.6 Å². The smallest absolute Gasteiger partial charge is 0.271 e. The predicted molar refractivity (Wildman–Crippen MR) is 89.7 cm³/mol. The average Bonchev–Trinajstić information content (AvgIpc) is 3.04. The van der Waals surface area contributed by atoms with Crippen molar-refractivity contribution >= 4 is 5.91 Å². The maximum absolute atomic E-state index is 11.5. The number of hydrogen-bond acceptors (Lipinski definition) is 5. The number of H-pyrrole nitrogens is 1. The molecule has 24 heavy (non-hydrogen) atoms. The number of ether oxygens (including phenoxy) is 2. The van der Waals surface area contributed by atoms with Gasteiger partial charge in [0.25, 0.3) is 5.91 Å². The summed E-state index contributed by atoms with van der Waals surface area (Å²) in [6.07, 6.45) is 7.53. The normalized spacial score (nSPS) is 10.0. The van der Waals surface area contributed by atoms with Crippen molar-refractivity contribution in [3.8, 4) is 35.1 Å². The summed E-state index contributed by atoms with van der Waals surface area (Å²) in [4.78, 5) is 11.5. The van der Waals surface area contributed by atoms with Crippen molar-refractivity contribution in [1.29, 1.82) is 0 Å². The molecule has 0 fully saturated rings. The first-order chi connectivity index (χ1) is 11.6. The molecule has 1 amide bonds. The van der Waals surface area contributed by atoms with Crippen LogP contribution in [0.1, 0.15) is 23.0 Å². The van der Waals surface area contributed by atoms with Gasteiger partial charge in [0.05, 0.1) is 6.61 Å². The van der Waals surface area contributed by atoms with Crippen LogP contribution in [-0.4, -0.2) is 34.5 Å². The fraction of sp³-hybridized carbons (Fsp3) is 0.235. The first-order valence-corrected chi connectivity index (χ1v) is 7.30. The Hall–Kier alpha value is -3.27. The van der Waals surface area contributed by atoms with E-state index < -0.39 is 5.91 Å². The third kappa shape index (κ3) is 3.55. The van der Waals surface area contributed by atoms with Gasteiger partial charge in [-0.1, -0.05) is 12.0 Å². The van der Waals surface area contributed by atoms with Crippen molar-refractivity contribution in [3.63, 3.8) is 0 Å². The highest BCUT2D eigenvalue weighted by molar-refractivity contribution is 5.96. The lowest BCUT2D eigenvalue weighted by Crippen LogP contribution is -2.13. The molecule has 0 bridgehead atoms. The second-order valence-electron chi connectivity index (χ2n) is 4.77. The summed E-state index contributed by atoms with van der Waals surface area (Å²) in [7, 11) is 0. The Bertz CT molecular complexity index is 790. The van der Waals surface area contributed by atoms with Gasteiger partial charge in [0, 0.05) is 11.1 Å². The number of aromatic amines is 1. The number of allylic oxidation sites excluding steroid dienone is 1. The summed E-state index contributed by atoms with van der Waals surface area (Å²) in [6.45, 7) is 6.15. The number of nitrogens with two attached hydrogens (primary N) is 1. The van der Waals surface area contributed by atoms with Crippen molar-refractivity contribution in [1.82, 2.24) is 15.4 Å². The molecule has 0 radical (unpaired) electrons. The minimum Gasteiger partial charge on any atom is -0.490 e. The van der Waals surface area contributed by atoms with Gasteiger partial charge in [-0.25, -0.2) is 0 Å². The van der Waals surface area contributed by atoms with Crippen LogP contribution in [0.25, 0.3) is 11.3 Å². The van der Waals surface area contributed by atoms with Crippen LogP contribution in [0.3, 0.4) is 0 Å². The molecule has 0 spiro atoms. The van der Waals surface area contributed by atoms with Crippen LogP contribution < -0.4 is 15.2 Å². The number of benzene rings is 1. The van der Waals surface area contributed by atoms with Crippen LogP contribution in [0, 0.1) is 12.3 Å². The van der Waals surface area contributed by atoms with Gasteiger partial charge in [0.2, 0.25) is 0 Å². The van der Waals surface area contributed by atoms with Gasteiger partial charge >= 0.3 is 0 Å². The van der Waals surface area contributed by atoms with Crippen LogP contribution in [0.5, 0.6) is 11.5 Å². The highest BCUT2D eigenvalue weighted by Gasteiger charge is 2.20. The van der Waals surface area contributed by atoms with Gasteiger partial charge in [-0.05, 0) is 25.5 Å². The van der Waals surface area contributed by atoms with E-state index >= 15 is 0 Å². The van der Waals surface area contributed by atoms with Gasteiger partial charge in [-0.15, -0.1) is 13.0 Å². The van der Waals surface area contributed by atoms with E-state index in [-0.39, 0.29) is 12.3 Å². The quantitative estimate of drug-likeness (QED) is 0.568. The van der Waals surface area contributed by atoms with E-state index in [0.717, 1.165) is 5.56 Å². The Morgan fingerprint density at radius 3 is 2.88 bits per heavy atom. The third-order valence-electron chi connectivity index (χ3n) is 3.15. The van der Waals surface area contributed by atoms with Crippen molar-refractivity contribution in [2.24, 2.45) is 5.73 Å². The molecule has 124 valence electrons. The van der Waals surface area contributed by atoms with E-state index in [2.05, 4.69) is 27.9 Å². The molecule has 0 aliphatic carbocycles. The van der Waals surface area contributed by atoms with Crippen LogP contribution >= 0.6 is 0 Å². The number of primary amides is 1. The molecule has 1 aromatic carbocycles. The summed E-state index contributed by atoms with van der Waals surface area (Å²) in [5.74, 6) is 2.80. The molecule has 0 saturated carbocycles. The topological polar surface area (TPSA) is 103 Å². The SMILES string of the molecule is C#CCOc1c(CC=C)cc(-c2n[nH]nc2C(N)=O)cc1OCC. The summed E-state index contributed by atoms with van der Waals surface area (Å²) in [5, 5.41) is 10.2. The molecule has 2 aromatic rings. The van der Waals surface area contributed by atoms with Gasteiger partial charge in [-0.3, -0.25) is 4.79 Å². The standard InChI is InChI=1S/C17H18N4O3/c1-4-7-11-9-12(14-15(17(18)22)20-21-19-14)10-13(23-6-3)16(11)24-8-5-2/h2,4,9-10H,1,6-8H2,3H3,(H2,18,22)(H,19,20,21). The van der Waals surface area contributed by atoms with Crippen molar-refractivity contribution in [3.05, 3.63) is 36.0 Å². The van der Waals surface area contributed by atoms with E-state index in [1.54, 1.807) is 12.1 Å². The molecule has 2 rings (SSSR count). The molecular formula is C17H18N4O3. The Kier molecular flexibility index (Phi) is 5.58. The van der Waals surface area contributed by atoms with Crippen LogP contribution in [0.15, 0.2) is 24.8 Å². The lowest BCUT2D eigenvalue weighted by Gasteiger charge is -2.16. The number of rotatable bonds is 8. The number of terminal acetylenes is 1. The molecule has 3 N–H and O–H groups in total. The van der Waals surface area contributed by atoms with Crippen molar-refractivity contribution in [2.45, 2.75) is 13.3 Å². The average molecular weight is 326 g/mol. The second kappa shape index (κ2) is 7.83. The lowest BCUT2D eigenvalue weighted by atomic mass is 10.0. The van der Waals surface area contributed by atoms with Crippen molar-refractivity contribution < 1.29 is 14.3 Å². The van der Waals surface area contributed by atoms with E-state index in [9.17, 15) is 4.79 Å². The molecule has 0 aliphatic heterocycles. The Labute approximate surface area is 139 Å². The molecule has 0 aliphatic rings. The Balaban J connectivity index is 2.61. The zero-order valence-electron chi connectivity index (χ0n) is 13.3. The van der Waals surface area contributed by atoms with Gasteiger partial charge < -0.3 is 15.2 Å². The van der Waals surface area contributed by atoms with Crippen LogP contribution in [-0.2, 0) is 6.42 Å².